The van der Waals surface area contributed by atoms with Gasteiger partial charge in [0.2, 0.25) is 5.12 Å². The Hall–Kier alpha value is -2.00. The van der Waals surface area contributed by atoms with Crippen molar-refractivity contribution in [1.29, 1.82) is 0 Å². The zero-order valence-corrected chi connectivity index (χ0v) is 12.3. The maximum absolute atomic E-state index is 11.8. The van der Waals surface area contributed by atoms with Crippen molar-refractivity contribution in [2.45, 2.75) is 11.8 Å². The number of aryl methyl sites for hydroxylation is 1. The van der Waals surface area contributed by atoms with Crippen LogP contribution in [0.25, 0.3) is 6.08 Å². The van der Waals surface area contributed by atoms with Crippen molar-refractivity contribution in [1.82, 2.24) is 0 Å². The number of carbonyl (C=O) groups excluding carboxylic acids is 1. The predicted molar refractivity (Wildman–Crippen MR) is 84.1 cm³/mol. The maximum atomic E-state index is 11.8. The topological polar surface area (TPSA) is 26.3 Å². The van der Waals surface area contributed by atoms with Crippen LogP contribution in [0.15, 0.2) is 59.5 Å². The second kappa shape index (κ2) is 6.96. The molecule has 0 saturated carbocycles. The highest BCUT2D eigenvalue weighted by atomic mass is 32.2. The van der Waals surface area contributed by atoms with Crippen LogP contribution in [0.1, 0.15) is 11.1 Å². The summed E-state index contributed by atoms with van der Waals surface area (Å²) >= 11 is 1.23. The first-order chi connectivity index (χ1) is 9.67. The van der Waals surface area contributed by atoms with Gasteiger partial charge in [0.05, 0.1) is 7.11 Å². The molecule has 2 aromatic carbocycles. The Labute approximate surface area is 123 Å². The lowest BCUT2D eigenvalue weighted by atomic mass is 10.2. The third kappa shape index (κ3) is 4.28. The molecule has 0 fully saturated rings. The molecule has 0 aromatic heterocycles. The van der Waals surface area contributed by atoms with Crippen LogP contribution in [-0.2, 0) is 4.79 Å². The fraction of sp³-hybridized carbons (Fsp3) is 0.118. The Kier molecular flexibility index (Phi) is 5.02. The van der Waals surface area contributed by atoms with Crippen molar-refractivity contribution in [3.63, 3.8) is 0 Å². The first-order valence-corrected chi connectivity index (χ1v) is 7.09. The Morgan fingerprint density at radius 1 is 1.05 bits per heavy atom. The minimum Gasteiger partial charge on any atom is -0.497 e. The van der Waals surface area contributed by atoms with Crippen LogP contribution in [0.5, 0.6) is 5.75 Å². The molecule has 0 heterocycles. The van der Waals surface area contributed by atoms with Crippen LogP contribution in [0, 0.1) is 6.92 Å². The van der Waals surface area contributed by atoms with Crippen molar-refractivity contribution in [2.75, 3.05) is 7.11 Å². The number of rotatable bonds is 4. The second-order valence-corrected chi connectivity index (χ2v) is 5.42. The average molecular weight is 284 g/mol. The molecule has 2 aromatic rings. The van der Waals surface area contributed by atoms with E-state index in [0.717, 1.165) is 16.2 Å². The molecule has 2 rings (SSSR count). The largest absolute Gasteiger partial charge is 0.497 e. The molecule has 0 unspecified atom stereocenters. The summed E-state index contributed by atoms with van der Waals surface area (Å²) in [4.78, 5) is 12.8. The highest BCUT2D eigenvalue weighted by Crippen LogP contribution is 2.20. The molecule has 0 aliphatic carbocycles. The van der Waals surface area contributed by atoms with Crippen molar-refractivity contribution in [3.05, 3.63) is 65.7 Å². The Morgan fingerprint density at radius 3 is 2.30 bits per heavy atom. The maximum Gasteiger partial charge on any atom is 0.216 e. The van der Waals surface area contributed by atoms with E-state index < -0.39 is 0 Å². The number of ether oxygens (including phenoxy) is 1. The van der Waals surface area contributed by atoms with Gasteiger partial charge in [-0.25, -0.2) is 0 Å². The monoisotopic (exact) mass is 284 g/mol. The third-order valence-electron chi connectivity index (χ3n) is 2.77. The summed E-state index contributed by atoms with van der Waals surface area (Å²) < 4.78 is 5.09. The van der Waals surface area contributed by atoms with Gasteiger partial charge in [0, 0.05) is 4.90 Å². The highest BCUT2D eigenvalue weighted by molar-refractivity contribution is 8.14. The van der Waals surface area contributed by atoms with Crippen LogP contribution in [-0.4, -0.2) is 12.2 Å². The zero-order valence-electron chi connectivity index (χ0n) is 11.5. The Morgan fingerprint density at radius 2 is 1.70 bits per heavy atom. The summed E-state index contributed by atoms with van der Waals surface area (Å²) in [5, 5.41) is 0.0182. The van der Waals surface area contributed by atoms with Crippen LogP contribution in [0.2, 0.25) is 0 Å². The third-order valence-corrected chi connectivity index (χ3v) is 3.61. The number of hydrogen-bond acceptors (Lipinski definition) is 3. The van der Waals surface area contributed by atoms with Gasteiger partial charge in [-0.05, 0) is 54.6 Å². The van der Waals surface area contributed by atoms with E-state index in [1.165, 1.54) is 17.3 Å². The van der Waals surface area contributed by atoms with Gasteiger partial charge in [0.1, 0.15) is 5.75 Å². The van der Waals surface area contributed by atoms with E-state index >= 15 is 0 Å². The van der Waals surface area contributed by atoms with E-state index in [1.54, 1.807) is 13.2 Å². The molecule has 0 amide bonds. The molecule has 0 radical (unpaired) electrons. The van der Waals surface area contributed by atoms with Crippen LogP contribution in [0.4, 0.5) is 0 Å². The van der Waals surface area contributed by atoms with Gasteiger partial charge < -0.3 is 4.74 Å². The van der Waals surface area contributed by atoms with Crippen molar-refractivity contribution >= 4 is 23.0 Å². The standard InChI is InChI=1S/C17H16O2S/c1-13-3-10-16(11-4-13)20-17(18)12-7-14-5-8-15(19-2)9-6-14/h3-12H,1-2H3. The molecule has 0 atom stereocenters. The van der Waals surface area contributed by atoms with E-state index in [1.807, 2.05) is 61.5 Å². The molecule has 2 nitrogen and oxygen atoms in total. The first-order valence-electron chi connectivity index (χ1n) is 6.28. The summed E-state index contributed by atoms with van der Waals surface area (Å²) in [6.07, 6.45) is 3.40. The van der Waals surface area contributed by atoms with E-state index in [0.29, 0.717) is 0 Å². The molecule has 0 aliphatic heterocycles. The summed E-state index contributed by atoms with van der Waals surface area (Å²) in [6.45, 7) is 2.03. The molecule has 0 spiro atoms. The number of methoxy groups -OCH3 is 1. The van der Waals surface area contributed by atoms with Gasteiger partial charge in [-0.2, -0.15) is 0 Å². The molecular weight excluding hydrogens is 268 g/mol. The van der Waals surface area contributed by atoms with E-state index in [-0.39, 0.29) is 5.12 Å². The van der Waals surface area contributed by atoms with Crippen molar-refractivity contribution in [2.24, 2.45) is 0 Å². The average Bonchev–Trinajstić information content (AvgIpc) is 2.48. The molecular formula is C17H16O2S. The lowest BCUT2D eigenvalue weighted by Crippen LogP contribution is -1.85. The first kappa shape index (κ1) is 14.4. The number of carbonyl (C=O) groups is 1. The minimum atomic E-state index is 0.0182. The molecule has 3 heteroatoms. The zero-order chi connectivity index (χ0) is 14.4. The normalized spacial score (nSPS) is 10.7. The Bertz CT molecular complexity index is 598. The fourth-order valence-corrected chi connectivity index (χ4v) is 2.28. The molecule has 102 valence electrons. The molecule has 0 aliphatic rings. The molecule has 0 saturated heterocycles. The van der Waals surface area contributed by atoms with Crippen molar-refractivity contribution < 1.29 is 9.53 Å². The van der Waals surface area contributed by atoms with Gasteiger partial charge in [0.15, 0.2) is 0 Å². The lowest BCUT2D eigenvalue weighted by Gasteiger charge is -1.99. The number of benzene rings is 2. The summed E-state index contributed by atoms with van der Waals surface area (Å²) in [5.74, 6) is 0.808. The van der Waals surface area contributed by atoms with Gasteiger partial charge in [-0.1, -0.05) is 35.9 Å². The van der Waals surface area contributed by atoms with Gasteiger partial charge in [-0.3, -0.25) is 4.79 Å². The molecule has 0 N–H and O–H groups in total. The van der Waals surface area contributed by atoms with E-state index in [9.17, 15) is 4.79 Å². The van der Waals surface area contributed by atoms with Gasteiger partial charge in [0.25, 0.3) is 0 Å². The molecule has 20 heavy (non-hydrogen) atoms. The van der Waals surface area contributed by atoms with E-state index in [2.05, 4.69) is 0 Å². The van der Waals surface area contributed by atoms with Crippen LogP contribution < -0.4 is 4.74 Å². The Balaban J connectivity index is 1.96. The van der Waals surface area contributed by atoms with Gasteiger partial charge >= 0.3 is 0 Å². The summed E-state index contributed by atoms with van der Waals surface area (Å²) in [6, 6.07) is 15.5. The lowest BCUT2D eigenvalue weighted by molar-refractivity contribution is -0.107. The van der Waals surface area contributed by atoms with Crippen LogP contribution in [0.3, 0.4) is 0 Å². The smallest absolute Gasteiger partial charge is 0.216 e. The van der Waals surface area contributed by atoms with E-state index in [4.69, 9.17) is 4.74 Å². The summed E-state index contributed by atoms with van der Waals surface area (Å²) in [5.41, 5.74) is 2.17. The van der Waals surface area contributed by atoms with Gasteiger partial charge in [-0.15, -0.1) is 0 Å². The predicted octanol–water partition coefficient (Wildman–Crippen LogP) is 4.34. The number of thioether (sulfide) groups is 1. The SMILES string of the molecule is COc1ccc(C=CC(=O)Sc2ccc(C)cc2)cc1. The van der Waals surface area contributed by atoms with Crippen LogP contribution >= 0.6 is 11.8 Å². The van der Waals surface area contributed by atoms with Crippen molar-refractivity contribution in [3.8, 4) is 5.75 Å². The minimum absolute atomic E-state index is 0.0182. The second-order valence-electron chi connectivity index (χ2n) is 4.34. The quantitative estimate of drug-likeness (QED) is 0.617. The highest BCUT2D eigenvalue weighted by Gasteiger charge is 2.00. The molecule has 0 bridgehead atoms. The number of hydrogen-bond donors (Lipinski definition) is 0. The fourth-order valence-electron chi connectivity index (χ4n) is 1.64. The summed E-state index contributed by atoms with van der Waals surface area (Å²) in [7, 11) is 1.63.